The van der Waals surface area contributed by atoms with Crippen LogP contribution in [0.2, 0.25) is 0 Å². The van der Waals surface area contributed by atoms with E-state index in [2.05, 4.69) is 37.6 Å². The van der Waals surface area contributed by atoms with E-state index in [0.717, 1.165) is 25.9 Å². The summed E-state index contributed by atoms with van der Waals surface area (Å²) in [5.41, 5.74) is 0. The van der Waals surface area contributed by atoms with Gasteiger partial charge in [-0.25, -0.2) is 0 Å². The highest BCUT2D eigenvalue weighted by Crippen LogP contribution is 2.04. The quantitative estimate of drug-likeness (QED) is 0.288. The van der Waals surface area contributed by atoms with Crippen molar-refractivity contribution >= 4 is 11.8 Å². The molecule has 2 amide bonds. The van der Waals surface area contributed by atoms with E-state index in [4.69, 9.17) is 0 Å². The minimum absolute atomic E-state index is 0.0615. The lowest BCUT2D eigenvalue weighted by molar-refractivity contribution is -0.117. The summed E-state index contributed by atoms with van der Waals surface area (Å²) in [5, 5.41) is 5.53. The first-order valence-electron chi connectivity index (χ1n) is 10.4. The topological polar surface area (TPSA) is 58.2 Å². The summed E-state index contributed by atoms with van der Waals surface area (Å²) in [6, 6.07) is 0. The molecule has 0 aliphatic carbocycles. The molecule has 0 aromatic heterocycles. The average Bonchev–Trinajstić information content (AvgIpc) is 2.66. The molecule has 0 radical (unpaired) electrons. The van der Waals surface area contributed by atoms with Crippen LogP contribution >= 0.6 is 0 Å². The van der Waals surface area contributed by atoms with E-state index in [1.165, 1.54) is 76.4 Å². The summed E-state index contributed by atoms with van der Waals surface area (Å²) < 4.78 is 0. The Kier molecular flexibility index (Phi) is 24.0. The van der Waals surface area contributed by atoms with Gasteiger partial charge >= 0.3 is 0 Å². The van der Waals surface area contributed by atoms with Crippen LogP contribution in [0.5, 0.6) is 0 Å². The Hall–Kier alpha value is -1.58. The van der Waals surface area contributed by atoms with Crippen LogP contribution in [0.15, 0.2) is 25.3 Å². The summed E-state index contributed by atoms with van der Waals surface area (Å²) in [6.45, 7) is 12.8. The number of hydrogen-bond acceptors (Lipinski definition) is 2. The third kappa shape index (κ3) is 24.7. The molecule has 0 heterocycles. The normalized spacial score (nSPS) is 9.62. The van der Waals surface area contributed by atoms with Crippen molar-refractivity contribution in [3.63, 3.8) is 0 Å². The summed E-state index contributed by atoms with van der Waals surface area (Å²) >= 11 is 0. The monoisotopic (exact) mass is 366 g/mol. The number of carbonyl (C=O) groups excluding carboxylic acids is 2. The molecule has 4 nitrogen and oxygen atoms in total. The molecule has 0 bridgehead atoms. The first-order valence-corrected chi connectivity index (χ1v) is 10.4. The Morgan fingerprint density at radius 2 is 0.923 bits per heavy atom. The fraction of sp³-hybridized carbons (Fsp3) is 0.727. The van der Waals surface area contributed by atoms with E-state index >= 15 is 0 Å². The molecule has 152 valence electrons. The maximum absolute atomic E-state index is 10.7. The molecule has 0 fully saturated rings. The smallest absolute Gasteiger partial charge is 0.243 e. The molecule has 0 aromatic rings. The van der Waals surface area contributed by atoms with Crippen LogP contribution in [0.25, 0.3) is 0 Å². The van der Waals surface area contributed by atoms with Crippen LogP contribution in [0.1, 0.15) is 90.9 Å². The Balaban J connectivity index is 0. The van der Waals surface area contributed by atoms with Crippen LogP contribution < -0.4 is 10.6 Å². The molecule has 0 saturated carbocycles. The Morgan fingerprint density at radius 1 is 0.615 bits per heavy atom. The molecular formula is C22H42N2O2. The van der Waals surface area contributed by atoms with Crippen LogP contribution in [0.3, 0.4) is 0 Å². The van der Waals surface area contributed by atoms with Crippen molar-refractivity contribution in [2.75, 3.05) is 13.1 Å². The SMILES string of the molecule is C=CC(=O)NCCCCCCCC.C=CC(=O)NCCCCCCCC. The molecule has 0 rings (SSSR count). The summed E-state index contributed by atoms with van der Waals surface area (Å²) in [6.07, 6.45) is 17.7. The predicted molar refractivity (Wildman–Crippen MR) is 113 cm³/mol. The number of amides is 2. The molecule has 0 aromatic carbocycles. The van der Waals surface area contributed by atoms with Gasteiger partial charge in [-0.2, -0.15) is 0 Å². The second-order valence-electron chi connectivity index (χ2n) is 6.53. The highest BCUT2D eigenvalue weighted by atomic mass is 16.2. The van der Waals surface area contributed by atoms with Crippen molar-refractivity contribution in [3.8, 4) is 0 Å². The average molecular weight is 367 g/mol. The molecule has 0 aliphatic heterocycles. The lowest BCUT2D eigenvalue weighted by atomic mass is 10.1. The van der Waals surface area contributed by atoms with Crippen LogP contribution in [0, 0.1) is 0 Å². The van der Waals surface area contributed by atoms with E-state index in [1.54, 1.807) is 0 Å². The Labute approximate surface area is 161 Å². The van der Waals surface area contributed by atoms with Gasteiger partial charge in [0.25, 0.3) is 0 Å². The van der Waals surface area contributed by atoms with Gasteiger partial charge in [-0.15, -0.1) is 0 Å². The van der Waals surface area contributed by atoms with E-state index in [9.17, 15) is 9.59 Å². The van der Waals surface area contributed by atoms with Gasteiger partial charge in [-0.1, -0.05) is 91.2 Å². The lowest BCUT2D eigenvalue weighted by Gasteiger charge is -2.01. The van der Waals surface area contributed by atoms with Crippen molar-refractivity contribution in [1.82, 2.24) is 10.6 Å². The molecule has 26 heavy (non-hydrogen) atoms. The molecule has 2 N–H and O–H groups in total. The van der Waals surface area contributed by atoms with Gasteiger partial charge in [0.1, 0.15) is 0 Å². The van der Waals surface area contributed by atoms with Crippen molar-refractivity contribution in [2.24, 2.45) is 0 Å². The standard InChI is InChI=1S/2C11H21NO/c2*1-3-5-6-7-8-9-10-12-11(13)4-2/h2*4H,2-3,5-10H2,1H3,(H,12,13). The zero-order valence-corrected chi connectivity index (χ0v) is 17.3. The molecule has 0 aliphatic rings. The second kappa shape index (κ2) is 23.4. The number of rotatable bonds is 16. The van der Waals surface area contributed by atoms with Gasteiger partial charge in [0, 0.05) is 13.1 Å². The van der Waals surface area contributed by atoms with E-state index < -0.39 is 0 Å². The molecule has 0 spiro atoms. The van der Waals surface area contributed by atoms with Crippen molar-refractivity contribution in [1.29, 1.82) is 0 Å². The van der Waals surface area contributed by atoms with Gasteiger partial charge in [-0.05, 0) is 25.0 Å². The number of carbonyl (C=O) groups is 2. The predicted octanol–water partition coefficient (Wildman–Crippen LogP) is 5.30. The summed E-state index contributed by atoms with van der Waals surface area (Å²) in [7, 11) is 0. The third-order valence-corrected chi connectivity index (χ3v) is 4.03. The zero-order chi connectivity index (χ0) is 19.9. The molecule has 0 atom stereocenters. The van der Waals surface area contributed by atoms with Crippen molar-refractivity contribution in [2.45, 2.75) is 90.9 Å². The minimum Gasteiger partial charge on any atom is -0.353 e. The van der Waals surface area contributed by atoms with Crippen molar-refractivity contribution < 1.29 is 9.59 Å². The molecule has 0 saturated heterocycles. The fourth-order valence-electron chi connectivity index (χ4n) is 2.38. The van der Waals surface area contributed by atoms with Gasteiger partial charge < -0.3 is 10.6 Å². The Morgan fingerprint density at radius 3 is 1.23 bits per heavy atom. The lowest BCUT2D eigenvalue weighted by Crippen LogP contribution is -2.21. The van der Waals surface area contributed by atoms with Gasteiger partial charge in [-0.3, -0.25) is 9.59 Å². The molecule has 4 heteroatoms. The van der Waals surface area contributed by atoms with Crippen LogP contribution in [-0.2, 0) is 9.59 Å². The van der Waals surface area contributed by atoms with Gasteiger partial charge in [0.05, 0.1) is 0 Å². The van der Waals surface area contributed by atoms with Crippen LogP contribution in [-0.4, -0.2) is 24.9 Å². The largest absolute Gasteiger partial charge is 0.353 e. The fourth-order valence-corrected chi connectivity index (χ4v) is 2.38. The first kappa shape index (κ1) is 26.6. The highest BCUT2D eigenvalue weighted by molar-refractivity contribution is 5.87. The third-order valence-electron chi connectivity index (χ3n) is 4.03. The number of unbranched alkanes of at least 4 members (excludes halogenated alkanes) is 10. The number of hydrogen-bond donors (Lipinski definition) is 2. The molecular weight excluding hydrogens is 324 g/mol. The highest BCUT2D eigenvalue weighted by Gasteiger charge is 1.93. The second-order valence-corrected chi connectivity index (χ2v) is 6.53. The van der Waals surface area contributed by atoms with Gasteiger partial charge in [0.2, 0.25) is 11.8 Å². The zero-order valence-electron chi connectivity index (χ0n) is 17.3. The van der Waals surface area contributed by atoms with E-state index in [-0.39, 0.29) is 11.8 Å². The first-order chi connectivity index (χ1) is 12.6. The number of nitrogens with one attached hydrogen (secondary N) is 2. The van der Waals surface area contributed by atoms with Crippen molar-refractivity contribution in [3.05, 3.63) is 25.3 Å². The minimum atomic E-state index is -0.0615. The molecule has 0 unspecified atom stereocenters. The maximum Gasteiger partial charge on any atom is 0.243 e. The maximum atomic E-state index is 10.7. The van der Waals surface area contributed by atoms with Crippen LogP contribution in [0.4, 0.5) is 0 Å². The van der Waals surface area contributed by atoms with E-state index in [1.807, 2.05) is 0 Å². The summed E-state index contributed by atoms with van der Waals surface area (Å²) in [5.74, 6) is -0.123. The van der Waals surface area contributed by atoms with E-state index in [0.29, 0.717) is 0 Å². The summed E-state index contributed by atoms with van der Waals surface area (Å²) in [4.78, 5) is 21.4. The Bertz CT molecular complexity index is 320. The van der Waals surface area contributed by atoms with Gasteiger partial charge in [0.15, 0.2) is 0 Å².